The largest absolute Gasteiger partial charge is 0.450 e. The highest BCUT2D eigenvalue weighted by Crippen LogP contribution is 2.27. The molecule has 3 aromatic rings. The number of para-hydroxylation sites is 1. The lowest BCUT2D eigenvalue weighted by Crippen LogP contribution is -2.38. The Morgan fingerprint density at radius 3 is 2.88 bits per heavy atom. The highest BCUT2D eigenvalue weighted by molar-refractivity contribution is 6.31. The van der Waals surface area contributed by atoms with Gasteiger partial charge in [0.05, 0.1) is 0 Å². The van der Waals surface area contributed by atoms with Crippen molar-refractivity contribution in [2.24, 2.45) is 0 Å². The molecule has 0 unspecified atom stereocenters. The number of aryl methyl sites for hydroxylation is 1. The van der Waals surface area contributed by atoms with Gasteiger partial charge in [-0.1, -0.05) is 29.8 Å². The molecule has 26 heavy (non-hydrogen) atoms. The second kappa shape index (κ2) is 6.84. The first-order valence-corrected chi connectivity index (χ1v) is 8.74. The number of ether oxygens (including phenoxy) is 1. The second-order valence-corrected chi connectivity index (χ2v) is 6.58. The van der Waals surface area contributed by atoms with Gasteiger partial charge in [-0.2, -0.15) is 0 Å². The third-order valence-corrected chi connectivity index (χ3v) is 4.65. The Bertz CT molecular complexity index is 994. The molecule has 0 aliphatic carbocycles. The summed E-state index contributed by atoms with van der Waals surface area (Å²) in [6.45, 7) is 0.293. The van der Waals surface area contributed by atoms with Crippen LogP contribution in [0.1, 0.15) is 22.5 Å². The number of fused-ring (bicyclic) bond motifs is 2. The smallest absolute Gasteiger partial charge is 0.374 e. The first-order chi connectivity index (χ1) is 12.6. The molecular weight excluding hydrogens is 354 g/mol. The summed E-state index contributed by atoms with van der Waals surface area (Å²) in [5.74, 6) is -0.866. The summed E-state index contributed by atoms with van der Waals surface area (Å²) < 4.78 is 10.6. The highest BCUT2D eigenvalue weighted by Gasteiger charge is 2.24. The molecule has 1 aliphatic heterocycles. The van der Waals surface area contributed by atoms with E-state index in [0.717, 1.165) is 24.1 Å². The molecule has 4 rings (SSSR count). The molecule has 0 saturated heterocycles. The second-order valence-electron chi connectivity index (χ2n) is 6.15. The fraction of sp³-hybridized carbons (Fsp3) is 0.200. The minimum Gasteiger partial charge on any atom is -0.450 e. The summed E-state index contributed by atoms with van der Waals surface area (Å²) in [4.78, 5) is 26.4. The Morgan fingerprint density at radius 1 is 1.15 bits per heavy atom. The third kappa shape index (κ3) is 3.18. The van der Waals surface area contributed by atoms with Crippen molar-refractivity contribution >= 4 is 40.1 Å². The summed E-state index contributed by atoms with van der Waals surface area (Å²) in [7, 11) is 0. The number of esters is 1. The average molecular weight is 370 g/mol. The van der Waals surface area contributed by atoms with Crippen LogP contribution in [0.15, 0.2) is 52.9 Å². The molecule has 0 radical (unpaired) electrons. The van der Waals surface area contributed by atoms with Gasteiger partial charge in [-0.05, 0) is 48.7 Å². The van der Waals surface area contributed by atoms with Crippen LogP contribution in [-0.4, -0.2) is 25.0 Å². The van der Waals surface area contributed by atoms with Crippen molar-refractivity contribution in [3.05, 3.63) is 64.9 Å². The van der Waals surface area contributed by atoms with Crippen LogP contribution in [-0.2, 0) is 16.0 Å². The first kappa shape index (κ1) is 16.7. The van der Waals surface area contributed by atoms with Crippen LogP contribution in [0.3, 0.4) is 0 Å². The number of carbonyl (C=O) groups is 2. The topological polar surface area (TPSA) is 59.8 Å². The zero-order valence-electron chi connectivity index (χ0n) is 13.9. The number of anilines is 1. The normalized spacial score (nSPS) is 13.5. The van der Waals surface area contributed by atoms with E-state index in [1.807, 2.05) is 24.3 Å². The van der Waals surface area contributed by atoms with Gasteiger partial charge < -0.3 is 14.1 Å². The van der Waals surface area contributed by atoms with Crippen molar-refractivity contribution in [3.63, 3.8) is 0 Å². The maximum absolute atomic E-state index is 12.5. The van der Waals surface area contributed by atoms with E-state index in [0.29, 0.717) is 22.5 Å². The van der Waals surface area contributed by atoms with Gasteiger partial charge in [0.2, 0.25) is 5.76 Å². The summed E-state index contributed by atoms with van der Waals surface area (Å²) >= 11 is 5.93. The molecule has 132 valence electrons. The van der Waals surface area contributed by atoms with Crippen molar-refractivity contribution in [1.29, 1.82) is 0 Å². The van der Waals surface area contributed by atoms with E-state index in [-0.39, 0.29) is 18.3 Å². The monoisotopic (exact) mass is 369 g/mol. The van der Waals surface area contributed by atoms with Crippen LogP contribution in [0, 0.1) is 0 Å². The van der Waals surface area contributed by atoms with Crippen LogP contribution in [0.5, 0.6) is 0 Å². The summed E-state index contributed by atoms with van der Waals surface area (Å²) in [6.07, 6.45) is 1.84. The molecule has 0 spiro atoms. The molecular formula is C20H16ClNO4. The molecule has 1 aromatic heterocycles. The average Bonchev–Trinajstić information content (AvgIpc) is 3.08. The zero-order chi connectivity index (χ0) is 18.1. The van der Waals surface area contributed by atoms with Crippen molar-refractivity contribution < 1.29 is 18.7 Å². The van der Waals surface area contributed by atoms with Crippen molar-refractivity contribution in [1.82, 2.24) is 0 Å². The van der Waals surface area contributed by atoms with E-state index >= 15 is 0 Å². The molecule has 1 amide bonds. The number of hydrogen-bond donors (Lipinski definition) is 0. The van der Waals surface area contributed by atoms with E-state index in [1.165, 1.54) is 0 Å². The molecule has 0 N–H and O–H groups in total. The molecule has 0 saturated carbocycles. The van der Waals surface area contributed by atoms with E-state index in [2.05, 4.69) is 0 Å². The molecule has 0 bridgehead atoms. The number of carbonyl (C=O) groups excluding carboxylic acids is 2. The number of amides is 1. The lowest BCUT2D eigenvalue weighted by atomic mass is 10.0. The minimum absolute atomic E-state index is 0.0501. The lowest BCUT2D eigenvalue weighted by Gasteiger charge is -2.29. The van der Waals surface area contributed by atoms with Gasteiger partial charge in [-0.3, -0.25) is 4.79 Å². The summed E-state index contributed by atoms with van der Waals surface area (Å²) in [5, 5.41) is 1.26. The number of hydrogen-bond acceptors (Lipinski definition) is 4. The Balaban J connectivity index is 1.45. The van der Waals surface area contributed by atoms with Crippen LogP contribution >= 0.6 is 11.6 Å². The van der Waals surface area contributed by atoms with E-state index in [1.54, 1.807) is 29.2 Å². The Morgan fingerprint density at radius 2 is 2.00 bits per heavy atom. The number of furan rings is 1. The molecule has 2 aromatic carbocycles. The van der Waals surface area contributed by atoms with Crippen LogP contribution in [0.4, 0.5) is 5.69 Å². The van der Waals surface area contributed by atoms with Gasteiger partial charge in [-0.15, -0.1) is 0 Å². The van der Waals surface area contributed by atoms with E-state index in [4.69, 9.17) is 20.8 Å². The Kier molecular flexibility index (Phi) is 4.39. The van der Waals surface area contributed by atoms with E-state index < -0.39 is 5.97 Å². The van der Waals surface area contributed by atoms with Gasteiger partial charge in [0.1, 0.15) is 5.58 Å². The van der Waals surface area contributed by atoms with E-state index in [9.17, 15) is 9.59 Å². The van der Waals surface area contributed by atoms with Gasteiger partial charge in [0.15, 0.2) is 6.61 Å². The number of rotatable bonds is 3. The van der Waals surface area contributed by atoms with Crippen molar-refractivity contribution in [2.75, 3.05) is 18.1 Å². The predicted octanol–water partition coefficient (Wildman–Crippen LogP) is 4.22. The standard InChI is InChI=1S/C20H16ClNO4/c21-15-7-8-17-14(10-15)11-18(26-17)20(24)25-12-19(23)22-9-3-5-13-4-1-2-6-16(13)22/h1-2,4,6-8,10-11H,3,5,9,12H2. The molecule has 5 nitrogen and oxygen atoms in total. The zero-order valence-corrected chi connectivity index (χ0v) is 14.7. The fourth-order valence-corrected chi connectivity index (χ4v) is 3.36. The van der Waals surface area contributed by atoms with Gasteiger partial charge in [0, 0.05) is 22.6 Å². The maximum atomic E-state index is 12.5. The fourth-order valence-electron chi connectivity index (χ4n) is 3.18. The SMILES string of the molecule is O=C(OCC(=O)N1CCCc2ccccc21)c1cc2cc(Cl)ccc2o1. The van der Waals surface area contributed by atoms with Gasteiger partial charge >= 0.3 is 5.97 Å². The third-order valence-electron chi connectivity index (χ3n) is 4.42. The molecule has 6 heteroatoms. The predicted molar refractivity (Wildman–Crippen MR) is 98.6 cm³/mol. The molecule has 0 atom stereocenters. The first-order valence-electron chi connectivity index (χ1n) is 8.36. The van der Waals surface area contributed by atoms with Crippen LogP contribution in [0.2, 0.25) is 5.02 Å². The van der Waals surface area contributed by atoms with Crippen molar-refractivity contribution in [3.8, 4) is 0 Å². The lowest BCUT2D eigenvalue weighted by molar-refractivity contribution is -0.121. The Labute approximate surface area is 155 Å². The van der Waals surface area contributed by atoms with Crippen LogP contribution < -0.4 is 4.90 Å². The number of benzene rings is 2. The molecule has 2 heterocycles. The highest BCUT2D eigenvalue weighted by atomic mass is 35.5. The minimum atomic E-state index is -0.670. The van der Waals surface area contributed by atoms with Gasteiger partial charge in [0.25, 0.3) is 5.91 Å². The molecule has 1 aliphatic rings. The van der Waals surface area contributed by atoms with Crippen molar-refractivity contribution in [2.45, 2.75) is 12.8 Å². The van der Waals surface area contributed by atoms with Gasteiger partial charge in [-0.25, -0.2) is 4.79 Å². The quantitative estimate of drug-likeness (QED) is 0.648. The number of nitrogens with zero attached hydrogens (tertiary/aromatic N) is 1. The summed E-state index contributed by atoms with van der Waals surface area (Å²) in [6, 6.07) is 14.4. The molecule has 0 fully saturated rings. The maximum Gasteiger partial charge on any atom is 0.374 e. The number of halogens is 1. The van der Waals surface area contributed by atoms with Crippen LogP contribution in [0.25, 0.3) is 11.0 Å². The Hall–Kier alpha value is -2.79. The summed E-state index contributed by atoms with van der Waals surface area (Å²) in [5.41, 5.74) is 2.56.